The van der Waals surface area contributed by atoms with Crippen LogP contribution >= 0.6 is 0 Å². The van der Waals surface area contributed by atoms with Gasteiger partial charge in [-0.15, -0.1) is 0 Å². The molecule has 1 aliphatic heterocycles. The zero-order valence-electron chi connectivity index (χ0n) is 21.8. The molecule has 6 nitrogen and oxygen atoms in total. The molecule has 1 saturated heterocycles. The molecule has 1 aliphatic carbocycles. The van der Waals surface area contributed by atoms with Gasteiger partial charge in [0.25, 0.3) is 5.91 Å². The summed E-state index contributed by atoms with van der Waals surface area (Å²) in [5.41, 5.74) is 7.26. The molecule has 3 aromatic carbocycles. The molecular formula is C32H34N2O4. The van der Waals surface area contributed by atoms with Crippen molar-refractivity contribution in [2.75, 3.05) is 25.6 Å². The van der Waals surface area contributed by atoms with E-state index in [1.165, 1.54) is 11.1 Å². The first-order valence-corrected chi connectivity index (χ1v) is 13.3. The molecule has 0 bridgehead atoms. The summed E-state index contributed by atoms with van der Waals surface area (Å²) < 4.78 is 5.48. The number of rotatable bonds is 7. The smallest absolute Gasteiger partial charge is 0.335 e. The predicted molar refractivity (Wildman–Crippen MR) is 150 cm³/mol. The number of carbonyl (C=O) groups is 2. The normalized spacial score (nSPS) is 15.9. The minimum atomic E-state index is -0.936. The van der Waals surface area contributed by atoms with E-state index < -0.39 is 5.97 Å². The van der Waals surface area contributed by atoms with Gasteiger partial charge in [0, 0.05) is 37.1 Å². The maximum Gasteiger partial charge on any atom is 0.335 e. The highest BCUT2D eigenvalue weighted by atomic mass is 16.5. The Kier molecular flexibility index (Phi) is 8.01. The van der Waals surface area contributed by atoms with Gasteiger partial charge >= 0.3 is 5.97 Å². The number of hydrogen-bond donors (Lipinski definition) is 2. The molecule has 0 unspecified atom stereocenters. The van der Waals surface area contributed by atoms with Gasteiger partial charge in [-0.3, -0.25) is 9.69 Å². The van der Waals surface area contributed by atoms with Crippen molar-refractivity contribution in [3.63, 3.8) is 0 Å². The zero-order valence-corrected chi connectivity index (χ0v) is 21.8. The van der Waals surface area contributed by atoms with E-state index in [2.05, 4.69) is 47.6 Å². The Morgan fingerprint density at radius 2 is 1.66 bits per heavy atom. The van der Waals surface area contributed by atoms with E-state index in [1.54, 1.807) is 12.1 Å². The predicted octanol–water partition coefficient (Wildman–Crippen LogP) is 6.02. The molecule has 1 heterocycles. The number of carboxylic acids is 1. The van der Waals surface area contributed by atoms with Crippen molar-refractivity contribution >= 4 is 23.6 Å². The van der Waals surface area contributed by atoms with E-state index in [1.807, 2.05) is 30.3 Å². The Balaban J connectivity index is 1.26. The molecule has 2 N–H and O–H groups in total. The van der Waals surface area contributed by atoms with Gasteiger partial charge in [-0.2, -0.15) is 0 Å². The number of hydrogen-bond acceptors (Lipinski definition) is 4. The number of carboxylic acid groups (broad SMARTS) is 1. The van der Waals surface area contributed by atoms with Gasteiger partial charge in [-0.05, 0) is 103 Å². The molecule has 196 valence electrons. The van der Waals surface area contributed by atoms with Crippen molar-refractivity contribution in [3.05, 3.63) is 94.6 Å². The summed E-state index contributed by atoms with van der Waals surface area (Å²) >= 11 is 0. The number of ether oxygens (including phenoxy) is 1. The van der Waals surface area contributed by atoms with Gasteiger partial charge in [-0.1, -0.05) is 36.4 Å². The monoisotopic (exact) mass is 510 g/mol. The second-order valence-electron chi connectivity index (χ2n) is 10.2. The molecule has 1 amide bonds. The van der Waals surface area contributed by atoms with E-state index in [0.717, 1.165) is 79.8 Å². The molecule has 2 aliphatic rings. The molecule has 0 atom stereocenters. The van der Waals surface area contributed by atoms with Gasteiger partial charge in [-0.25, -0.2) is 4.79 Å². The van der Waals surface area contributed by atoms with E-state index in [-0.39, 0.29) is 11.5 Å². The van der Waals surface area contributed by atoms with Crippen LogP contribution in [-0.4, -0.2) is 48.2 Å². The summed E-state index contributed by atoms with van der Waals surface area (Å²) in [6.45, 7) is 2.55. The number of carbonyl (C=O) groups excluding carboxylic acids is 1. The van der Waals surface area contributed by atoms with Crippen LogP contribution in [0.25, 0.3) is 17.2 Å². The Bertz CT molecular complexity index is 1320. The van der Waals surface area contributed by atoms with Crippen LogP contribution in [0.1, 0.15) is 52.7 Å². The summed E-state index contributed by atoms with van der Waals surface area (Å²) in [7, 11) is 2.17. The maximum atomic E-state index is 13.2. The summed E-state index contributed by atoms with van der Waals surface area (Å²) in [6, 6.07) is 21.8. The molecule has 0 spiro atoms. The number of nitrogens with one attached hydrogen (secondary N) is 1. The second-order valence-corrected chi connectivity index (χ2v) is 10.2. The molecule has 3 aromatic rings. The average molecular weight is 511 g/mol. The fourth-order valence-electron chi connectivity index (χ4n) is 5.30. The van der Waals surface area contributed by atoms with Crippen LogP contribution in [0, 0.1) is 0 Å². The highest BCUT2D eigenvalue weighted by Crippen LogP contribution is 2.29. The van der Waals surface area contributed by atoms with Crippen molar-refractivity contribution in [2.24, 2.45) is 0 Å². The van der Waals surface area contributed by atoms with Crippen molar-refractivity contribution in [2.45, 2.75) is 44.7 Å². The van der Waals surface area contributed by atoms with Crippen LogP contribution in [0.5, 0.6) is 0 Å². The molecule has 0 saturated carbocycles. The lowest BCUT2D eigenvalue weighted by Crippen LogP contribution is -2.36. The topological polar surface area (TPSA) is 78.9 Å². The van der Waals surface area contributed by atoms with Gasteiger partial charge in [0.15, 0.2) is 0 Å². The zero-order chi connectivity index (χ0) is 26.5. The first kappa shape index (κ1) is 25.9. The lowest BCUT2D eigenvalue weighted by atomic mass is 9.97. The van der Waals surface area contributed by atoms with Crippen LogP contribution < -0.4 is 5.32 Å². The number of aryl methyl sites for hydroxylation is 1. The molecule has 5 rings (SSSR count). The Morgan fingerprint density at radius 3 is 2.37 bits per heavy atom. The molecule has 0 radical (unpaired) electrons. The van der Waals surface area contributed by atoms with Crippen molar-refractivity contribution in [1.82, 2.24) is 4.90 Å². The Labute approximate surface area is 223 Å². The average Bonchev–Trinajstić information content (AvgIpc) is 3.17. The van der Waals surface area contributed by atoms with Crippen molar-refractivity contribution in [3.8, 4) is 11.1 Å². The van der Waals surface area contributed by atoms with Crippen LogP contribution in [0.2, 0.25) is 0 Å². The highest BCUT2D eigenvalue weighted by molar-refractivity contribution is 6.07. The van der Waals surface area contributed by atoms with Gasteiger partial charge in [0.1, 0.15) is 0 Å². The third-order valence-corrected chi connectivity index (χ3v) is 7.58. The maximum absolute atomic E-state index is 13.2. The third-order valence-electron chi connectivity index (χ3n) is 7.58. The summed E-state index contributed by atoms with van der Waals surface area (Å²) in [6.07, 6.45) is 6.69. The molecule has 1 fully saturated rings. The van der Waals surface area contributed by atoms with Gasteiger partial charge < -0.3 is 15.2 Å². The second kappa shape index (κ2) is 11.8. The summed E-state index contributed by atoms with van der Waals surface area (Å²) in [5, 5.41) is 12.3. The van der Waals surface area contributed by atoms with Crippen molar-refractivity contribution in [1.29, 1.82) is 0 Å². The largest absolute Gasteiger partial charge is 0.478 e. The van der Waals surface area contributed by atoms with E-state index >= 15 is 0 Å². The lowest BCUT2D eigenvalue weighted by molar-refractivity contribution is -0.112. The highest BCUT2D eigenvalue weighted by Gasteiger charge is 2.19. The van der Waals surface area contributed by atoms with E-state index in [0.29, 0.717) is 6.04 Å². The number of amides is 1. The molecular weight excluding hydrogens is 476 g/mol. The van der Waals surface area contributed by atoms with Crippen LogP contribution in [-0.2, 0) is 22.5 Å². The van der Waals surface area contributed by atoms with E-state index in [9.17, 15) is 9.59 Å². The first-order chi connectivity index (χ1) is 18.5. The Morgan fingerprint density at radius 1 is 0.947 bits per heavy atom. The summed E-state index contributed by atoms with van der Waals surface area (Å²) in [5.74, 6) is -1.00. The molecule has 38 heavy (non-hydrogen) atoms. The number of nitrogens with zero attached hydrogens (tertiary/aromatic N) is 1. The summed E-state index contributed by atoms with van der Waals surface area (Å²) in [4.78, 5) is 26.8. The number of fused-ring (bicyclic) bond motifs is 1. The van der Waals surface area contributed by atoms with Crippen molar-refractivity contribution < 1.29 is 19.4 Å². The van der Waals surface area contributed by atoms with Crippen LogP contribution in [0.4, 0.5) is 5.69 Å². The Hall–Kier alpha value is -3.74. The quantitative estimate of drug-likeness (QED) is 0.406. The fraction of sp³-hybridized carbons (Fsp3) is 0.312. The first-order valence-electron chi connectivity index (χ1n) is 13.3. The standard InChI is InChI=1S/C32H34N2O4/c1-34(30-15-17-38-18-16-30)21-22-5-13-29(14-6-22)33-31(35)27-4-2-3-23-9-12-26(19-28(23)20-27)24-7-10-25(11-8-24)32(36)37/h5-14,19-20,30H,2-4,15-18,21H2,1H3,(H,33,35)(H,36,37). The van der Waals surface area contributed by atoms with Gasteiger partial charge in [0.05, 0.1) is 5.56 Å². The number of benzene rings is 3. The van der Waals surface area contributed by atoms with Crippen LogP contribution in [0.15, 0.2) is 72.3 Å². The van der Waals surface area contributed by atoms with E-state index in [4.69, 9.17) is 9.84 Å². The van der Waals surface area contributed by atoms with Gasteiger partial charge in [0.2, 0.25) is 0 Å². The fourth-order valence-corrected chi connectivity index (χ4v) is 5.30. The van der Waals surface area contributed by atoms with Crippen LogP contribution in [0.3, 0.4) is 0 Å². The number of aromatic carboxylic acids is 1. The SMILES string of the molecule is CN(Cc1ccc(NC(=O)C2=Cc3cc(-c4ccc(C(=O)O)cc4)ccc3CCC2)cc1)C1CCOCC1. The molecule has 6 heteroatoms. The minimum Gasteiger partial charge on any atom is -0.478 e. The third kappa shape index (κ3) is 6.21. The lowest BCUT2D eigenvalue weighted by Gasteiger charge is -2.31. The number of anilines is 1. The minimum absolute atomic E-state index is 0.0684. The molecule has 0 aromatic heterocycles.